The Kier molecular flexibility index (Phi) is 5.58. The summed E-state index contributed by atoms with van der Waals surface area (Å²) in [5.74, 6) is -0.610. The summed E-state index contributed by atoms with van der Waals surface area (Å²) in [4.78, 5) is -0.169. The molecular weight excluding hydrogens is 314 g/mol. The quantitative estimate of drug-likeness (QED) is 0.901. The van der Waals surface area contributed by atoms with Gasteiger partial charge < -0.3 is 5.32 Å². The molecule has 1 aliphatic rings. The molecule has 1 aliphatic heterocycles. The molecule has 4 nitrogen and oxygen atoms in total. The summed E-state index contributed by atoms with van der Waals surface area (Å²) in [5.41, 5.74) is 0. The molecule has 108 valence electrons. The summed E-state index contributed by atoms with van der Waals surface area (Å²) in [6, 6.07) is 3.19. The first-order valence-corrected chi connectivity index (χ1v) is 7.42. The van der Waals surface area contributed by atoms with Crippen molar-refractivity contribution in [2.24, 2.45) is 0 Å². The van der Waals surface area contributed by atoms with E-state index in [4.69, 9.17) is 11.6 Å². The second kappa shape index (κ2) is 6.37. The number of nitrogens with zero attached hydrogens (tertiary/aromatic N) is 1. The SMILES string of the molecule is C[C@@H]1CNCCN1S(=O)(=O)c1cc(F)ccc1Cl.Cl. The van der Waals surface area contributed by atoms with E-state index in [1.807, 2.05) is 0 Å². The number of halogens is 3. The summed E-state index contributed by atoms with van der Waals surface area (Å²) in [6.45, 7) is 3.32. The average molecular weight is 329 g/mol. The van der Waals surface area contributed by atoms with E-state index in [2.05, 4.69) is 5.32 Å². The number of nitrogens with one attached hydrogen (secondary N) is 1. The van der Waals surface area contributed by atoms with Gasteiger partial charge in [-0.25, -0.2) is 12.8 Å². The fourth-order valence-corrected chi connectivity index (χ4v) is 4.10. The molecule has 0 amide bonds. The molecule has 1 aromatic rings. The first kappa shape index (κ1) is 16.7. The van der Waals surface area contributed by atoms with Gasteiger partial charge in [-0.2, -0.15) is 4.31 Å². The topological polar surface area (TPSA) is 49.4 Å². The van der Waals surface area contributed by atoms with Crippen molar-refractivity contribution in [2.45, 2.75) is 17.9 Å². The van der Waals surface area contributed by atoms with Crippen LogP contribution in [0, 0.1) is 5.82 Å². The highest BCUT2D eigenvalue weighted by atomic mass is 35.5. The van der Waals surface area contributed by atoms with Crippen molar-refractivity contribution < 1.29 is 12.8 Å². The first-order chi connectivity index (χ1) is 8.43. The number of hydrogen-bond donors (Lipinski definition) is 1. The van der Waals surface area contributed by atoms with E-state index in [0.29, 0.717) is 19.6 Å². The van der Waals surface area contributed by atoms with Crippen LogP contribution in [0.1, 0.15) is 6.92 Å². The largest absolute Gasteiger partial charge is 0.314 e. The number of hydrogen-bond acceptors (Lipinski definition) is 3. The summed E-state index contributed by atoms with van der Waals surface area (Å²) in [5, 5.41) is 3.14. The molecular formula is C11H15Cl2FN2O2S. The van der Waals surface area contributed by atoms with E-state index in [0.717, 1.165) is 12.1 Å². The Hall–Kier alpha value is -0.400. The van der Waals surface area contributed by atoms with Crippen LogP contribution in [-0.4, -0.2) is 38.4 Å². The van der Waals surface area contributed by atoms with Gasteiger partial charge in [0.1, 0.15) is 10.7 Å². The molecule has 8 heteroatoms. The van der Waals surface area contributed by atoms with Crippen LogP contribution in [0.15, 0.2) is 23.1 Å². The third-order valence-corrected chi connectivity index (χ3v) is 5.42. The molecule has 1 aromatic carbocycles. The van der Waals surface area contributed by atoms with Crippen molar-refractivity contribution in [1.82, 2.24) is 9.62 Å². The molecule has 0 aromatic heterocycles. The molecule has 2 rings (SSSR count). The Bertz CT molecular complexity index is 554. The van der Waals surface area contributed by atoms with Gasteiger partial charge in [-0.3, -0.25) is 0 Å². The maximum absolute atomic E-state index is 13.2. The highest BCUT2D eigenvalue weighted by molar-refractivity contribution is 7.89. The van der Waals surface area contributed by atoms with Gasteiger partial charge >= 0.3 is 0 Å². The monoisotopic (exact) mass is 328 g/mol. The molecule has 1 heterocycles. The zero-order valence-electron chi connectivity index (χ0n) is 10.3. The van der Waals surface area contributed by atoms with E-state index < -0.39 is 15.8 Å². The van der Waals surface area contributed by atoms with Crippen LogP contribution < -0.4 is 5.32 Å². The third kappa shape index (κ3) is 3.38. The minimum Gasteiger partial charge on any atom is -0.314 e. The molecule has 0 aliphatic carbocycles. The predicted octanol–water partition coefficient (Wildman–Crippen LogP) is 1.88. The van der Waals surface area contributed by atoms with Crippen molar-refractivity contribution in [2.75, 3.05) is 19.6 Å². The van der Waals surface area contributed by atoms with Gasteiger partial charge in [0.2, 0.25) is 10.0 Å². The highest BCUT2D eigenvalue weighted by Crippen LogP contribution is 2.27. The fourth-order valence-electron chi connectivity index (χ4n) is 1.98. The molecule has 0 bridgehead atoms. The Morgan fingerprint density at radius 2 is 2.16 bits per heavy atom. The summed E-state index contributed by atoms with van der Waals surface area (Å²) in [7, 11) is -3.74. The van der Waals surface area contributed by atoms with E-state index >= 15 is 0 Å². The minimum atomic E-state index is -3.74. The minimum absolute atomic E-state index is 0. The number of sulfonamides is 1. The van der Waals surface area contributed by atoms with Gasteiger partial charge in [-0.1, -0.05) is 11.6 Å². The highest BCUT2D eigenvalue weighted by Gasteiger charge is 2.32. The zero-order valence-corrected chi connectivity index (χ0v) is 12.7. The molecule has 0 unspecified atom stereocenters. The molecule has 0 saturated carbocycles. The first-order valence-electron chi connectivity index (χ1n) is 5.60. The van der Waals surface area contributed by atoms with Gasteiger partial charge in [-0.15, -0.1) is 12.4 Å². The van der Waals surface area contributed by atoms with Gasteiger partial charge in [0.15, 0.2) is 0 Å². The second-order valence-corrected chi connectivity index (χ2v) is 6.51. The van der Waals surface area contributed by atoms with Crippen molar-refractivity contribution in [3.63, 3.8) is 0 Å². The third-order valence-electron chi connectivity index (χ3n) is 2.92. The van der Waals surface area contributed by atoms with E-state index in [-0.39, 0.29) is 28.4 Å². The molecule has 1 saturated heterocycles. The van der Waals surface area contributed by atoms with Gasteiger partial charge in [-0.05, 0) is 25.1 Å². The van der Waals surface area contributed by atoms with Crippen LogP contribution in [0.5, 0.6) is 0 Å². The number of benzene rings is 1. The molecule has 1 N–H and O–H groups in total. The van der Waals surface area contributed by atoms with Crippen LogP contribution in [-0.2, 0) is 10.0 Å². The molecule has 0 radical (unpaired) electrons. The fraction of sp³-hybridized carbons (Fsp3) is 0.455. The Morgan fingerprint density at radius 3 is 2.79 bits per heavy atom. The second-order valence-electron chi connectivity index (χ2n) is 4.24. The summed E-state index contributed by atoms with van der Waals surface area (Å²) < 4.78 is 39.4. The molecule has 19 heavy (non-hydrogen) atoms. The maximum atomic E-state index is 13.2. The lowest BCUT2D eigenvalue weighted by molar-refractivity contribution is 0.284. The lowest BCUT2D eigenvalue weighted by Gasteiger charge is -2.33. The average Bonchev–Trinajstić information content (AvgIpc) is 2.32. The van der Waals surface area contributed by atoms with E-state index in [1.165, 1.54) is 10.4 Å². The van der Waals surface area contributed by atoms with Crippen LogP contribution in [0.3, 0.4) is 0 Å². The van der Waals surface area contributed by atoms with Crippen LogP contribution in [0.2, 0.25) is 5.02 Å². The Balaban J connectivity index is 0.00000180. The lowest BCUT2D eigenvalue weighted by Crippen LogP contribution is -2.52. The summed E-state index contributed by atoms with van der Waals surface area (Å²) in [6.07, 6.45) is 0. The smallest absolute Gasteiger partial charge is 0.244 e. The van der Waals surface area contributed by atoms with Crippen molar-refractivity contribution in [3.05, 3.63) is 29.0 Å². The molecule has 1 fully saturated rings. The maximum Gasteiger partial charge on any atom is 0.244 e. The van der Waals surface area contributed by atoms with E-state index in [9.17, 15) is 12.8 Å². The van der Waals surface area contributed by atoms with E-state index in [1.54, 1.807) is 6.92 Å². The predicted molar refractivity (Wildman–Crippen MR) is 74.9 cm³/mol. The van der Waals surface area contributed by atoms with Crippen LogP contribution in [0.4, 0.5) is 4.39 Å². The standard InChI is InChI=1S/C11H14ClFN2O2S.ClH/c1-8-7-14-4-5-15(8)18(16,17)11-6-9(13)2-3-10(11)12;/h2-3,6,8,14H,4-5,7H2,1H3;1H/t8-;/m1./s1. The van der Waals surface area contributed by atoms with Gasteiger partial charge in [0.25, 0.3) is 0 Å². The summed E-state index contributed by atoms with van der Waals surface area (Å²) >= 11 is 5.86. The molecule has 0 spiro atoms. The van der Waals surface area contributed by atoms with Gasteiger partial charge in [0, 0.05) is 25.7 Å². The zero-order chi connectivity index (χ0) is 13.3. The molecule has 1 atom stereocenters. The van der Waals surface area contributed by atoms with Crippen molar-refractivity contribution in [3.8, 4) is 0 Å². The van der Waals surface area contributed by atoms with Gasteiger partial charge in [0.05, 0.1) is 5.02 Å². The van der Waals surface area contributed by atoms with Crippen molar-refractivity contribution in [1.29, 1.82) is 0 Å². The number of piperazine rings is 1. The lowest BCUT2D eigenvalue weighted by atomic mass is 10.3. The van der Waals surface area contributed by atoms with Crippen molar-refractivity contribution >= 4 is 34.0 Å². The Labute approximate surface area is 123 Å². The van der Waals surface area contributed by atoms with Crippen LogP contribution in [0.25, 0.3) is 0 Å². The normalized spacial score (nSPS) is 20.9. The number of rotatable bonds is 2. The van der Waals surface area contributed by atoms with Crippen LogP contribution >= 0.6 is 24.0 Å². The Morgan fingerprint density at radius 1 is 1.47 bits per heavy atom.